The van der Waals surface area contributed by atoms with Gasteiger partial charge in [-0.3, -0.25) is 4.79 Å². The summed E-state index contributed by atoms with van der Waals surface area (Å²) in [4.78, 5) is 12.8. The Hall–Kier alpha value is -1.90. The number of nitrogens with one attached hydrogen (secondary N) is 1. The number of fused-ring (bicyclic) bond motifs is 1. The summed E-state index contributed by atoms with van der Waals surface area (Å²) >= 11 is 0. The molecular weight excluding hydrogens is 390 g/mol. The highest BCUT2D eigenvalue weighted by Gasteiger charge is 2.33. The maximum Gasteiger partial charge on any atom is 0.243 e. The lowest BCUT2D eigenvalue weighted by Gasteiger charge is -2.31. The van der Waals surface area contributed by atoms with Gasteiger partial charge >= 0.3 is 0 Å². The number of sulfonamides is 1. The van der Waals surface area contributed by atoms with Gasteiger partial charge < -0.3 is 14.6 Å². The van der Waals surface area contributed by atoms with Gasteiger partial charge in [-0.05, 0) is 57.4 Å². The number of piperidine rings is 1. The van der Waals surface area contributed by atoms with Gasteiger partial charge in [0.05, 0.1) is 10.8 Å². The number of hydrogen-bond donors (Lipinski definition) is 1. The molecule has 0 saturated carbocycles. The summed E-state index contributed by atoms with van der Waals surface area (Å²) < 4.78 is 35.2. The third kappa shape index (κ3) is 4.99. The molecule has 29 heavy (non-hydrogen) atoms. The summed E-state index contributed by atoms with van der Waals surface area (Å²) in [6.07, 6.45) is 4.12. The zero-order valence-corrected chi connectivity index (χ0v) is 18.1. The Morgan fingerprint density at radius 1 is 1.28 bits per heavy atom. The van der Waals surface area contributed by atoms with Gasteiger partial charge in [0.25, 0.3) is 0 Å². The Morgan fingerprint density at radius 3 is 2.86 bits per heavy atom. The molecule has 1 amide bonds. The van der Waals surface area contributed by atoms with Gasteiger partial charge in [-0.2, -0.15) is 4.31 Å². The van der Waals surface area contributed by atoms with Crippen molar-refractivity contribution >= 4 is 26.8 Å². The van der Waals surface area contributed by atoms with Gasteiger partial charge in [0.15, 0.2) is 0 Å². The fraction of sp³-hybridized carbons (Fsp3) is 0.571. The minimum atomic E-state index is -3.63. The number of benzene rings is 1. The summed E-state index contributed by atoms with van der Waals surface area (Å²) in [6.45, 7) is 7.34. The van der Waals surface area contributed by atoms with Crippen molar-refractivity contribution in [2.24, 2.45) is 5.92 Å². The van der Waals surface area contributed by atoms with E-state index in [0.29, 0.717) is 39.1 Å². The molecule has 0 spiro atoms. The fourth-order valence-electron chi connectivity index (χ4n) is 3.81. The van der Waals surface area contributed by atoms with Crippen molar-refractivity contribution in [3.8, 4) is 0 Å². The zero-order valence-electron chi connectivity index (χ0n) is 17.3. The summed E-state index contributed by atoms with van der Waals surface area (Å²) in [5.74, 6) is -0.382. The first-order chi connectivity index (χ1) is 14.0. The van der Waals surface area contributed by atoms with Crippen LogP contribution in [0.25, 0.3) is 10.9 Å². The quantitative estimate of drug-likeness (QED) is 0.631. The summed E-state index contributed by atoms with van der Waals surface area (Å²) in [5, 5.41) is 3.82. The highest BCUT2D eigenvalue weighted by molar-refractivity contribution is 7.89. The average molecular weight is 422 g/mol. The molecule has 1 aliphatic rings. The van der Waals surface area contributed by atoms with E-state index in [2.05, 4.69) is 16.8 Å². The van der Waals surface area contributed by atoms with Crippen molar-refractivity contribution in [3.63, 3.8) is 0 Å². The molecule has 0 bridgehead atoms. The molecule has 2 heterocycles. The van der Waals surface area contributed by atoms with Crippen LogP contribution in [-0.4, -0.2) is 56.0 Å². The van der Waals surface area contributed by atoms with E-state index in [1.165, 1.54) is 4.31 Å². The molecule has 1 fully saturated rings. The molecule has 1 aliphatic heterocycles. The van der Waals surface area contributed by atoms with E-state index in [1.807, 2.05) is 25.3 Å². The molecule has 1 saturated heterocycles. The van der Waals surface area contributed by atoms with Gasteiger partial charge in [0.2, 0.25) is 15.9 Å². The molecule has 1 aromatic heterocycles. The number of carbonyl (C=O) groups is 1. The number of hydrogen-bond acceptors (Lipinski definition) is 4. The van der Waals surface area contributed by atoms with Crippen LogP contribution in [0.1, 0.15) is 33.1 Å². The molecule has 0 radical (unpaired) electrons. The van der Waals surface area contributed by atoms with E-state index in [1.54, 1.807) is 12.1 Å². The molecule has 1 aromatic carbocycles. The number of ether oxygens (including phenoxy) is 1. The third-order valence-corrected chi connectivity index (χ3v) is 7.31. The minimum Gasteiger partial charge on any atom is -0.382 e. The lowest BCUT2D eigenvalue weighted by molar-refractivity contribution is -0.126. The van der Waals surface area contributed by atoms with Crippen molar-refractivity contribution in [2.75, 3.05) is 32.8 Å². The van der Waals surface area contributed by atoms with Crippen molar-refractivity contribution in [3.05, 3.63) is 30.5 Å². The molecule has 1 N–H and O–H groups in total. The molecule has 1 atom stereocenters. The highest BCUT2D eigenvalue weighted by atomic mass is 32.2. The maximum atomic E-state index is 13.2. The first kappa shape index (κ1) is 21.8. The van der Waals surface area contributed by atoms with E-state index in [4.69, 9.17) is 4.74 Å². The Balaban J connectivity index is 1.66. The van der Waals surface area contributed by atoms with Crippen LogP contribution in [0.4, 0.5) is 0 Å². The van der Waals surface area contributed by atoms with E-state index in [0.717, 1.165) is 23.9 Å². The standard InChI is InChI=1S/C21H31N3O4S/c1-3-23-13-10-17-15-19(8-9-20(17)23)29(26,27)24-12-5-7-18(16-24)21(25)22-11-6-14-28-4-2/h8-10,13,15,18H,3-7,11-12,14,16H2,1-2H3,(H,22,25)/t18-/m0/s1. The second-order valence-electron chi connectivity index (χ2n) is 7.37. The molecule has 7 nitrogen and oxygen atoms in total. The van der Waals surface area contributed by atoms with Crippen molar-refractivity contribution in [1.29, 1.82) is 0 Å². The van der Waals surface area contributed by atoms with Crippen molar-refractivity contribution < 1.29 is 17.9 Å². The summed E-state index contributed by atoms with van der Waals surface area (Å²) in [5.41, 5.74) is 1.02. The predicted octanol–water partition coefficient (Wildman–Crippen LogP) is 2.60. The van der Waals surface area contributed by atoms with E-state index >= 15 is 0 Å². The van der Waals surface area contributed by atoms with Crippen LogP contribution in [0.15, 0.2) is 35.4 Å². The third-order valence-electron chi connectivity index (χ3n) is 5.44. The van der Waals surface area contributed by atoms with Crippen LogP contribution in [-0.2, 0) is 26.1 Å². The summed E-state index contributed by atoms with van der Waals surface area (Å²) in [6, 6.07) is 7.19. The monoisotopic (exact) mass is 421 g/mol. The van der Waals surface area contributed by atoms with Crippen LogP contribution in [0.3, 0.4) is 0 Å². The first-order valence-electron chi connectivity index (χ1n) is 10.4. The first-order valence-corrected chi connectivity index (χ1v) is 11.9. The SMILES string of the molecule is CCOCCCNC(=O)[C@H]1CCCN(S(=O)(=O)c2ccc3c(ccn3CC)c2)C1. The van der Waals surface area contributed by atoms with Gasteiger partial charge in [0.1, 0.15) is 0 Å². The minimum absolute atomic E-state index is 0.0723. The molecule has 2 aromatic rings. The van der Waals surface area contributed by atoms with Crippen LogP contribution >= 0.6 is 0 Å². The predicted molar refractivity (Wildman–Crippen MR) is 113 cm³/mol. The fourth-order valence-corrected chi connectivity index (χ4v) is 5.37. The largest absolute Gasteiger partial charge is 0.382 e. The number of rotatable bonds is 9. The lowest BCUT2D eigenvalue weighted by atomic mass is 9.99. The molecule has 160 valence electrons. The normalized spacial score (nSPS) is 18.2. The van der Waals surface area contributed by atoms with Crippen LogP contribution < -0.4 is 5.32 Å². The Morgan fingerprint density at radius 2 is 2.10 bits per heavy atom. The van der Waals surface area contributed by atoms with Gasteiger partial charge in [-0.15, -0.1) is 0 Å². The van der Waals surface area contributed by atoms with E-state index in [9.17, 15) is 13.2 Å². The number of aryl methyl sites for hydroxylation is 1. The van der Waals surface area contributed by atoms with Crippen molar-refractivity contribution in [1.82, 2.24) is 14.2 Å². The molecule has 0 aliphatic carbocycles. The molecule has 8 heteroatoms. The van der Waals surface area contributed by atoms with Crippen molar-refractivity contribution in [2.45, 2.75) is 44.6 Å². The zero-order chi connectivity index (χ0) is 20.9. The summed E-state index contributed by atoms with van der Waals surface area (Å²) in [7, 11) is -3.63. The van der Waals surface area contributed by atoms with Crippen LogP contribution in [0.2, 0.25) is 0 Å². The Kier molecular flexibility index (Phi) is 7.32. The smallest absolute Gasteiger partial charge is 0.243 e. The molecular formula is C21H31N3O4S. The number of nitrogens with zero attached hydrogens (tertiary/aromatic N) is 2. The van der Waals surface area contributed by atoms with Gasteiger partial charge in [-0.1, -0.05) is 0 Å². The Labute approximate surface area is 173 Å². The Bertz CT molecular complexity index is 939. The highest BCUT2D eigenvalue weighted by Crippen LogP contribution is 2.27. The maximum absolute atomic E-state index is 13.2. The topological polar surface area (TPSA) is 80.6 Å². The van der Waals surface area contributed by atoms with E-state index < -0.39 is 10.0 Å². The van der Waals surface area contributed by atoms with Crippen LogP contribution in [0, 0.1) is 5.92 Å². The van der Waals surface area contributed by atoms with Gasteiger partial charge in [-0.25, -0.2) is 8.42 Å². The average Bonchev–Trinajstić information content (AvgIpc) is 3.16. The number of aromatic nitrogens is 1. The second-order valence-corrected chi connectivity index (χ2v) is 9.30. The van der Waals surface area contributed by atoms with Gasteiger partial charge in [0, 0.05) is 56.5 Å². The molecule has 3 rings (SSSR count). The van der Waals surface area contributed by atoms with Crippen LogP contribution in [0.5, 0.6) is 0 Å². The second kappa shape index (κ2) is 9.73. The van der Waals surface area contributed by atoms with E-state index in [-0.39, 0.29) is 23.3 Å². The number of amides is 1. The number of carbonyl (C=O) groups excluding carboxylic acids is 1. The molecule has 0 unspecified atom stereocenters. The lowest BCUT2D eigenvalue weighted by Crippen LogP contribution is -2.45.